The summed E-state index contributed by atoms with van der Waals surface area (Å²) in [5, 5.41) is 4.71. The third kappa shape index (κ3) is 5.27. The molecule has 0 amide bonds. The number of aromatic nitrogens is 3. The van der Waals surface area contributed by atoms with E-state index < -0.39 is 44.8 Å². The summed E-state index contributed by atoms with van der Waals surface area (Å²) in [6.45, 7) is 0.451. The molecule has 210 valence electrons. The van der Waals surface area contributed by atoms with Crippen LogP contribution in [0.4, 0.5) is 24.7 Å². The molecule has 0 bridgehead atoms. The molecule has 0 aliphatic carbocycles. The lowest BCUT2D eigenvalue weighted by Crippen LogP contribution is -2.34. The second-order valence-corrected chi connectivity index (χ2v) is 11.0. The van der Waals surface area contributed by atoms with Crippen molar-refractivity contribution in [3.05, 3.63) is 78.4 Å². The van der Waals surface area contributed by atoms with E-state index in [4.69, 9.17) is 20.3 Å². The van der Waals surface area contributed by atoms with Crippen LogP contribution < -0.4 is 10.0 Å². The van der Waals surface area contributed by atoms with Crippen molar-refractivity contribution in [2.24, 2.45) is 0 Å². The Balaban J connectivity index is 1.66. The van der Waals surface area contributed by atoms with E-state index in [9.17, 15) is 17.2 Å². The molecule has 3 heterocycles. The third-order valence-corrected chi connectivity index (χ3v) is 8.35. The van der Waals surface area contributed by atoms with Crippen LogP contribution >= 0.6 is 0 Å². The molecule has 0 spiro atoms. The second-order valence-electron chi connectivity index (χ2n) is 9.17. The van der Waals surface area contributed by atoms with Crippen LogP contribution in [0.2, 0.25) is 0 Å². The second kappa shape index (κ2) is 11.3. The lowest BCUT2D eigenvalue weighted by molar-refractivity contribution is 0.0663. The number of benzene rings is 2. The van der Waals surface area contributed by atoms with Crippen LogP contribution in [0.5, 0.6) is 0 Å². The molecule has 5 rings (SSSR count). The van der Waals surface area contributed by atoms with Crippen molar-refractivity contribution in [3.8, 4) is 22.4 Å². The Morgan fingerprint density at radius 1 is 1.10 bits per heavy atom. The largest absolute Gasteiger partial charge is 0.384 e. The van der Waals surface area contributed by atoms with Crippen molar-refractivity contribution in [1.82, 2.24) is 14.8 Å². The van der Waals surface area contributed by atoms with E-state index in [1.54, 1.807) is 23.0 Å². The fraction of sp³-hybridized carbons (Fsp3) is 0.259. The van der Waals surface area contributed by atoms with Crippen molar-refractivity contribution in [2.45, 2.75) is 23.8 Å². The Labute approximate surface area is 229 Å². The molecule has 40 heavy (non-hydrogen) atoms. The summed E-state index contributed by atoms with van der Waals surface area (Å²) < 4.78 is 84.5. The molecule has 0 saturated carbocycles. The van der Waals surface area contributed by atoms with Gasteiger partial charge in [0.05, 0.1) is 11.7 Å². The predicted molar refractivity (Wildman–Crippen MR) is 142 cm³/mol. The number of nitrogens with two attached hydrogens (primary N) is 1. The minimum Gasteiger partial charge on any atom is -0.384 e. The normalized spacial score (nSPS) is 14.4. The molecule has 9 nitrogen and oxygen atoms in total. The van der Waals surface area contributed by atoms with Crippen molar-refractivity contribution in [3.63, 3.8) is 0 Å². The zero-order valence-corrected chi connectivity index (χ0v) is 22.2. The quantitative estimate of drug-likeness (QED) is 0.303. The van der Waals surface area contributed by atoms with Gasteiger partial charge in [0.15, 0.2) is 5.82 Å². The van der Waals surface area contributed by atoms with Crippen LogP contribution in [-0.4, -0.2) is 50.2 Å². The van der Waals surface area contributed by atoms with Crippen LogP contribution in [0.3, 0.4) is 0 Å². The van der Waals surface area contributed by atoms with Gasteiger partial charge in [-0.2, -0.15) is 5.10 Å². The summed E-state index contributed by atoms with van der Waals surface area (Å²) in [4.78, 5) is 3.07. The average Bonchev–Trinajstić information content (AvgIpc) is 3.39. The summed E-state index contributed by atoms with van der Waals surface area (Å²) >= 11 is 0. The Morgan fingerprint density at radius 3 is 2.60 bits per heavy atom. The molecule has 13 heteroatoms. The molecule has 1 aliphatic rings. The van der Waals surface area contributed by atoms with Gasteiger partial charge in [-0.25, -0.2) is 30.9 Å². The zero-order chi connectivity index (χ0) is 28.4. The van der Waals surface area contributed by atoms with Gasteiger partial charge in [-0.05, 0) is 60.9 Å². The van der Waals surface area contributed by atoms with E-state index in [0.29, 0.717) is 53.6 Å². The number of anilines is 2. The number of halogens is 3. The van der Waals surface area contributed by atoms with Crippen LogP contribution in [0, 0.1) is 17.5 Å². The van der Waals surface area contributed by atoms with Crippen molar-refractivity contribution in [1.29, 1.82) is 0 Å². The highest BCUT2D eigenvalue weighted by Crippen LogP contribution is 2.38. The maximum Gasteiger partial charge on any atom is 0.269 e. The molecule has 0 atom stereocenters. The molecule has 4 aromatic rings. The molecular weight excluding hydrogens is 547 g/mol. The van der Waals surface area contributed by atoms with Crippen molar-refractivity contribution >= 4 is 21.5 Å². The molecule has 1 aliphatic heterocycles. The highest BCUT2D eigenvalue weighted by atomic mass is 32.2. The Kier molecular flexibility index (Phi) is 7.79. The maximum atomic E-state index is 16.3. The van der Waals surface area contributed by atoms with Crippen LogP contribution in [0.15, 0.2) is 65.8 Å². The summed E-state index contributed by atoms with van der Waals surface area (Å²) in [6.07, 6.45) is 4.73. The van der Waals surface area contributed by atoms with Gasteiger partial charge >= 0.3 is 0 Å². The Hall–Kier alpha value is -3.94. The maximum absolute atomic E-state index is 16.3. The number of ether oxygens (including phenoxy) is 2. The molecule has 0 unspecified atom stereocenters. The monoisotopic (exact) mass is 573 g/mol. The van der Waals surface area contributed by atoms with Gasteiger partial charge in [-0.15, -0.1) is 0 Å². The van der Waals surface area contributed by atoms with Gasteiger partial charge in [-0.3, -0.25) is 4.68 Å². The molecular formula is C27H26F3N5O4S. The SMILES string of the molecule is COCN(c1cccc(-c2nn(C3CCOCC3)cc2-c2ccnc(N)c2)c1F)S(=O)(=O)c1cc(F)ccc1F. The lowest BCUT2D eigenvalue weighted by Gasteiger charge is -2.25. The minimum absolute atomic E-state index is 0.00741. The summed E-state index contributed by atoms with van der Waals surface area (Å²) in [5.41, 5.74) is 6.90. The number of nitrogen functional groups attached to an aromatic ring is 1. The van der Waals surface area contributed by atoms with E-state index in [0.717, 1.165) is 6.07 Å². The molecule has 1 fully saturated rings. The first kappa shape index (κ1) is 27.6. The highest BCUT2D eigenvalue weighted by Gasteiger charge is 2.32. The first-order chi connectivity index (χ1) is 19.2. The van der Waals surface area contributed by atoms with Gasteiger partial charge in [-0.1, -0.05) is 6.07 Å². The standard InChI is InChI=1S/C27H26F3N5O4S/c1-38-16-35(40(36,37)24-14-18(28)5-6-22(24)29)23-4-2-3-20(26(23)30)27-21(17-7-10-32-25(31)13-17)15-34(33-27)19-8-11-39-12-9-19/h2-7,10,13-15,19H,8-9,11-12,16H2,1H3,(H2,31,32). The van der Waals surface area contributed by atoms with Crippen molar-refractivity contribution in [2.75, 3.05) is 37.1 Å². The summed E-state index contributed by atoms with van der Waals surface area (Å²) in [7, 11) is -3.58. The molecule has 2 aromatic heterocycles. The van der Waals surface area contributed by atoms with Crippen molar-refractivity contribution < 1.29 is 31.1 Å². The van der Waals surface area contributed by atoms with E-state index in [1.807, 2.05) is 0 Å². The van der Waals surface area contributed by atoms with Crippen LogP contribution in [-0.2, 0) is 19.5 Å². The molecule has 2 N–H and O–H groups in total. The first-order valence-electron chi connectivity index (χ1n) is 12.3. The average molecular weight is 574 g/mol. The molecule has 2 aromatic carbocycles. The lowest BCUT2D eigenvalue weighted by atomic mass is 10.0. The van der Waals surface area contributed by atoms with Gasteiger partial charge in [0, 0.05) is 43.8 Å². The third-order valence-electron chi connectivity index (χ3n) is 6.60. The number of pyridine rings is 1. The van der Waals surface area contributed by atoms with E-state index in [2.05, 4.69) is 4.98 Å². The number of rotatable bonds is 8. The number of nitrogens with zero attached hydrogens (tertiary/aromatic N) is 4. The fourth-order valence-corrected chi connectivity index (χ4v) is 6.09. The van der Waals surface area contributed by atoms with Gasteiger partial charge in [0.2, 0.25) is 0 Å². The predicted octanol–water partition coefficient (Wildman–Crippen LogP) is 4.76. The Bertz CT molecular complexity index is 1640. The van der Waals surface area contributed by atoms with E-state index in [-0.39, 0.29) is 23.1 Å². The number of methoxy groups -OCH3 is 1. The van der Waals surface area contributed by atoms with Crippen LogP contribution in [0.1, 0.15) is 18.9 Å². The van der Waals surface area contributed by atoms with E-state index >= 15 is 4.39 Å². The Morgan fingerprint density at radius 2 is 1.88 bits per heavy atom. The van der Waals surface area contributed by atoms with Crippen LogP contribution in [0.25, 0.3) is 22.4 Å². The minimum atomic E-state index is -4.78. The number of hydrogen-bond donors (Lipinski definition) is 1. The first-order valence-corrected chi connectivity index (χ1v) is 13.8. The summed E-state index contributed by atoms with van der Waals surface area (Å²) in [6, 6.07) is 9.49. The van der Waals surface area contributed by atoms with Gasteiger partial charge in [0.25, 0.3) is 10.0 Å². The van der Waals surface area contributed by atoms with Gasteiger partial charge in [0.1, 0.15) is 34.8 Å². The molecule has 1 saturated heterocycles. The summed E-state index contributed by atoms with van der Waals surface area (Å²) in [5.74, 6) is -2.84. The van der Waals surface area contributed by atoms with Gasteiger partial charge < -0.3 is 15.2 Å². The fourth-order valence-electron chi connectivity index (χ4n) is 4.63. The van der Waals surface area contributed by atoms with E-state index in [1.165, 1.54) is 31.5 Å². The number of sulfonamides is 1. The number of hydrogen-bond acceptors (Lipinski definition) is 7. The zero-order valence-electron chi connectivity index (χ0n) is 21.4. The smallest absolute Gasteiger partial charge is 0.269 e. The topological polar surface area (TPSA) is 113 Å². The molecule has 0 radical (unpaired) electrons. The highest BCUT2D eigenvalue weighted by molar-refractivity contribution is 7.92.